The number of nitrogens with zero attached hydrogens (tertiary/aromatic N) is 4. The summed E-state index contributed by atoms with van der Waals surface area (Å²) < 4.78 is 10.4. The van der Waals surface area contributed by atoms with Crippen LogP contribution in [0.2, 0.25) is 0 Å². The van der Waals surface area contributed by atoms with Crippen LogP contribution in [0.4, 0.5) is 11.7 Å². The minimum absolute atomic E-state index is 0.0111. The van der Waals surface area contributed by atoms with E-state index in [4.69, 9.17) is 8.94 Å². The van der Waals surface area contributed by atoms with E-state index in [1.807, 2.05) is 30.3 Å². The normalized spacial score (nSPS) is 16.9. The van der Waals surface area contributed by atoms with Crippen molar-refractivity contribution in [3.05, 3.63) is 53.7 Å². The van der Waals surface area contributed by atoms with Crippen LogP contribution in [0.3, 0.4) is 0 Å². The number of aromatic nitrogens is 3. The van der Waals surface area contributed by atoms with E-state index in [2.05, 4.69) is 20.7 Å². The van der Waals surface area contributed by atoms with Crippen molar-refractivity contribution in [1.82, 2.24) is 15.4 Å². The summed E-state index contributed by atoms with van der Waals surface area (Å²) in [5.74, 6) is 0.0823. The topological polar surface area (TPSA) is 114 Å². The Labute approximate surface area is 148 Å². The van der Waals surface area contributed by atoms with Gasteiger partial charge in [0.2, 0.25) is 11.8 Å². The van der Waals surface area contributed by atoms with Gasteiger partial charge in [0.1, 0.15) is 5.76 Å². The lowest BCUT2D eigenvalue weighted by molar-refractivity contribution is -0.117. The Morgan fingerprint density at radius 1 is 1.27 bits per heavy atom. The number of amides is 2. The van der Waals surface area contributed by atoms with Gasteiger partial charge in [-0.2, -0.15) is 0 Å². The zero-order chi connectivity index (χ0) is 18.1. The average molecular weight is 353 g/mol. The lowest BCUT2D eigenvalue weighted by atomic mass is 10.1. The maximum absolute atomic E-state index is 12.3. The third-order valence-electron chi connectivity index (χ3n) is 4.06. The maximum Gasteiger partial charge on any atom is 0.322 e. The smallest absolute Gasteiger partial charge is 0.322 e. The van der Waals surface area contributed by atoms with Gasteiger partial charge in [0.05, 0.1) is 5.92 Å². The van der Waals surface area contributed by atoms with Crippen molar-refractivity contribution in [1.29, 1.82) is 0 Å². The molecule has 0 bridgehead atoms. The Hall–Kier alpha value is -3.49. The summed E-state index contributed by atoms with van der Waals surface area (Å²) in [6.07, 6.45) is 0.271. The molecular formula is C17H15N5O4. The molecule has 3 aromatic rings. The summed E-state index contributed by atoms with van der Waals surface area (Å²) in [7, 11) is 0. The molecule has 0 radical (unpaired) electrons. The number of anilines is 2. The van der Waals surface area contributed by atoms with E-state index in [1.54, 1.807) is 11.8 Å². The number of para-hydroxylation sites is 1. The summed E-state index contributed by atoms with van der Waals surface area (Å²) in [4.78, 5) is 26.0. The van der Waals surface area contributed by atoms with Gasteiger partial charge in [-0.15, -0.1) is 5.10 Å². The number of carbonyl (C=O) groups excluding carboxylic acids is 2. The highest BCUT2D eigenvalue weighted by Crippen LogP contribution is 2.31. The van der Waals surface area contributed by atoms with Gasteiger partial charge in [-0.25, -0.2) is 0 Å². The molecule has 4 rings (SSSR count). The molecule has 26 heavy (non-hydrogen) atoms. The lowest BCUT2D eigenvalue weighted by Gasteiger charge is -2.15. The summed E-state index contributed by atoms with van der Waals surface area (Å²) >= 11 is 0. The summed E-state index contributed by atoms with van der Waals surface area (Å²) in [5, 5.41) is 13.9. The molecule has 2 amide bonds. The molecule has 2 aromatic heterocycles. The largest absolute Gasteiger partial charge is 0.407 e. The third kappa shape index (κ3) is 3.06. The van der Waals surface area contributed by atoms with E-state index in [0.29, 0.717) is 18.2 Å². The van der Waals surface area contributed by atoms with Crippen molar-refractivity contribution in [2.24, 2.45) is 0 Å². The van der Waals surface area contributed by atoms with Gasteiger partial charge >= 0.3 is 6.01 Å². The van der Waals surface area contributed by atoms with Crippen LogP contribution < -0.4 is 10.2 Å². The second-order valence-corrected chi connectivity index (χ2v) is 5.96. The van der Waals surface area contributed by atoms with Crippen molar-refractivity contribution in [2.45, 2.75) is 19.3 Å². The molecule has 9 nitrogen and oxygen atoms in total. The van der Waals surface area contributed by atoms with Crippen LogP contribution in [0.15, 0.2) is 45.3 Å². The molecule has 1 aromatic carbocycles. The zero-order valence-corrected chi connectivity index (χ0v) is 13.9. The van der Waals surface area contributed by atoms with Gasteiger partial charge in [-0.3, -0.25) is 14.9 Å². The van der Waals surface area contributed by atoms with E-state index >= 15 is 0 Å². The van der Waals surface area contributed by atoms with Crippen LogP contribution in [-0.2, 0) is 4.79 Å². The van der Waals surface area contributed by atoms with Gasteiger partial charge in [0, 0.05) is 24.7 Å². The molecule has 1 unspecified atom stereocenters. The monoisotopic (exact) mass is 353 g/mol. The summed E-state index contributed by atoms with van der Waals surface area (Å²) in [6, 6.07) is 10.9. The van der Waals surface area contributed by atoms with E-state index in [0.717, 1.165) is 5.69 Å². The molecule has 1 atom stereocenters. The quantitative estimate of drug-likeness (QED) is 0.764. The van der Waals surface area contributed by atoms with Crippen LogP contribution in [-0.4, -0.2) is 33.7 Å². The average Bonchev–Trinajstić information content (AvgIpc) is 3.36. The first-order valence-corrected chi connectivity index (χ1v) is 8.03. The molecule has 1 aliphatic heterocycles. The Bertz CT molecular complexity index is 949. The number of benzene rings is 1. The predicted octanol–water partition coefficient (Wildman–Crippen LogP) is 2.14. The van der Waals surface area contributed by atoms with Crippen LogP contribution in [0, 0.1) is 6.92 Å². The molecule has 0 saturated carbocycles. The van der Waals surface area contributed by atoms with Gasteiger partial charge in [-0.1, -0.05) is 28.5 Å². The molecular weight excluding hydrogens is 338 g/mol. The molecule has 1 saturated heterocycles. The highest BCUT2D eigenvalue weighted by atomic mass is 16.5. The van der Waals surface area contributed by atoms with Gasteiger partial charge < -0.3 is 13.8 Å². The molecule has 1 fully saturated rings. The highest BCUT2D eigenvalue weighted by Gasteiger charge is 2.35. The highest BCUT2D eigenvalue weighted by molar-refractivity contribution is 6.01. The van der Waals surface area contributed by atoms with E-state index in [9.17, 15) is 9.59 Å². The number of aryl methyl sites for hydroxylation is 1. The zero-order valence-electron chi connectivity index (χ0n) is 13.9. The molecule has 9 heteroatoms. The number of nitrogens with one attached hydrogen (secondary N) is 1. The minimum Gasteiger partial charge on any atom is -0.407 e. The van der Waals surface area contributed by atoms with Crippen molar-refractivity contribution in [3.8, 4) is 0 Å². The first kappa shape index (κ1) is 16.0. The van der Waals surface area contributed by atoms with Crippen molar-refractivity contribution in [3.63, 3.8) is 0 Å². The Kier molecular flexibility index (Phi) is 3.96. The number of hydrogen-bond acceptors (Lipinski definition) is 7. The first-order valence-electron chi connectivity index (χ1n) is 8.03. The Balaban J connectivity index is 1.45. The van der Waals surface area contributed by atoms with Gasteiger partial charge in [-0.05, 0) is 19.1 Å². The molecule has 0 spiro atoms. The van der Waals surface area contributed by atoms with Crippen molar-refractivity contribution >= 4 is 23.5 Å². The van der Waals surface area contributed by atoms with Crippen molar-refractivity contribution in [2.75, 3.05) is 16.8 Å². The fourth-order valence-electron chi connectivity index (χ4n) is 2.82. The molecule has 1 aliphatic rings. The fraction of sp³-hybridized carbons (Fsp3) is 0.235. The second kappa shape index (κ2) is 6.43. The molecule has 3 heterocycles. The Morgan fingerprint density at radius 2 is 2.08 bits per heavy atom. The van der Waals surface area contributed by atoms with Crippen LogP contribution >= 0.6 is 0 Å². The molecule has 0 aliphatic carbocycles. The second-order valence-electron chi connectivity index (χ2n) is 5.96. The van der Waals surface area contributed by atoms with Crippen LogP contribution in [0.5, 0.6) is 0 Å². The van der Waals surface area contributed by atoms with Gasteiger partial charge in [0.25, 0.3) is 5.91 Å². The summed E-state index contributed by atoms with van der Waals surface area (Å²) in [6.45, 7) is 2.13. The predicted molar refractivity (Wildman–Crippen MR) is 89.6 cm³/mol. The van der Waals surface area contributed by atoms with E-state index < -0.39 is 5.91 Å². The number of rotatable bonds is 4. The Morgan fingerprint density at radius 3 is 2.81 bits per heavy atom. The number of carbonyl (C=O) groups is 2. The number of hydrogen-bond donors (Lipinski definition) is 1. The molecule has 132 valence electrons. The van der Waals surface area contributed by atoms with Crippen molar-refractivity contribution < 1.29 is 18.5 Å². The minimum atomic E-state index is -0.509. The SMILES string of the molecule is Cc1cc(C(=O)Nc2nnc(C3CC(=O)N(c4ccccc4)C3)o2)no1. The van der Waals surface area contributed by atoms with Crippen LogP contribution in [0.25, 0.3) is 0 Å². The standard InChI is InChI=1S/C17H15N5O4/c1-10-7-13(21-26-10)15(24)18-17-20-19-16(25-17)11-8-14(23)22(9-11)12-5-3-2-4-6-12/h2-7,11H,8-9H2,1H3,(H,18,20,24). The van der Waals surface area contributed by atoms with Gasteiger partial charge in [0.15, 0.2) is 5.69 Å². The summed E-state index contributed by atoms with van der Waals surface area (Å²) in [5.41, 5.74) is 0.947. The lowest BCUT2D eigenvalue weighted by Crippen LogP contribution is -2.24. The first-order chi connectivity index (χ1) is 12.6. The fourth-order valence-corrected chi connectivity index (χ4v) is 2.82. The molecule has 1 N–H and O–H groups in total. The third-order valence-corrected chi connectivity index (χ3v) is 4.06. The van der Waals surface area contributed by atoms with E-state index in [-0.39, 0.29) is 30.0 Å². The van der Waals surface area contributed by atoms with Crippen LogP contribution in [0.1, 0.15) is 34.5 Å². The van der Waals surface area contributed by atoms with E-state index in [1.165, 1.54) is 6.07 Å². The maximum atomic E-state index is 12.3.